The Labute approximate surface area is 177 Å². The lowest BCUT2D eigenvalue weighted by atomic mass is 9.82. The van der Waals surface area contributed by atoms with Crippen LogP contribution in [0.5, 0.6) is 0 Å². The van der Waals surface area contributed by atoms with Gasteiger partial charge in [0, 0.05) is 19.0 Å². The van der Waals surface area contributed by atoms with Gasteiger partial charge in [0.05, 0.1) is 11.6 Å². The Bertz CT molecular complexity index is 1080. The summed E-state index contributed by atoms with van der Waals surface area (Å²) >= 11 is 0. The Morgan fingerprint density at radius 2 is 1.90 bits per heavy atom. The van der Waals surface area contributed by atoms with Crippen LogP contribution in [-0.2, 0) is 16.0 Å². The van der Waals surface area contributed by atoms with Crippen molar-refractivity contribution in [3.05, 3.63) is 83.1 Å². The van der Waals surface area contributed by atoms with Crippen LogP contribution in [0.4, 0.5) is 0 Å². The van der Waals surface area contributed by atoms with E-state index in [2.05, 4.69) is 18.0 Å². The van der Waals surface area contributed by atoms with Gasteiger partial charge in [-0.05, 0) is 36.1 Å². The molecule has 5 heteroatoms. The maximum absolute atomic E-state index is 13.4. The predicted octanol–water partition coefficient (Wildman–Crippen LogP) is 3.91. The second kappa shape index (κ2) is 8.38. The maximum Gasteiger partial charge on any atom is 0.271 e. The van der Waals surface area contributed by atoms with Gasteiger partial charge in [0.1, 0.15) is 11.2 Å². The molecule has 152 valence electrons. The number of carbonyl (C=O) groups is 2. The predicted molar refractivity (Wildman–Crippen MR) is 118 cm³/mol. The van der Waals surface area contributed by atoms with Crippen molar-refractivity contribution in [1.82, 2.24) is 10.2 Å². The van der Waals surface area contributed by atoms with Crippen LogP contribution in [0.2, 0.25) is 0 Å². The molecule has 1 aliphatic rings. The lowest BCUT2D eigenvalue weighted by molar-refractivity contribution is -0.148. The average Bonchev–Trinajstić information content (AvgIpc) is 2.78. The number of nitrogens with zero attached hydrogens (tertiary/aromatic N) is 2. The number of nitrogens with one attached hydrogen (secondary N) is 1. The second-order valence-corrected chi connectivity index (χ2v) is 7.45. The molecular weight excluding hydrogens is 374 g/mol. The van der Waals surface area contributed by atoms with Gasteiger partial charge in [0.2, 0.25) is 0 Å². The summed E-state index contributed by atoms with van der Waals surface area (Å²) in [5, 5.41) is 12.4. The monoisotopic (exact) mass is 399 g/mol. The molecule has 2 amide bonds. The molecule has 1 heterocycles. The highest BCUT2D eigenvalue weighted by atomic mass is 16.2. The first-order valence-corrected chi connectivity index (χ1v) is 9.90. The van der Waals surface area contributed by atoms with Crippen LogP contribution in [0.25, 0.3) is 11.6 Å². The van der Waals surface area contributed by atoms with Crippen molar-refractivity contribution >= 4 is 23.5 Å². The molecule has 0 aliphatic carbocycles. The zero-order chi connectivity index (χ0) is 21.9. The minimum absolute atomic E-state index is 0.199. The molecule has 0 saturated carbocycles. The van der Waals surface area contributed by atoms with Crippen LogP contribution in [0.15, 0.2) is 60.8 Å². The number of hydrogen-bond donors (Lipinski definition) is 1. The molecule has 0 bridgehead atoms. The summed E-state index contributed by atoms with van der Waals surface area (Å²) in [4.78, 5) is 28.3. The first kappa shape index (κ1) is 21.1. The average molecular weight is 399 g/mol. The first-order valence-electron chi connectivity index (χ1n) is 9.90. The van der Waals surface area contributed by atoms with Gasteiger partial charge >= 0.3 is 0 Å². The van der Waals surface area contributed by atoms with Gasteiger partial charge < -0.3 is 10.2 Å². The third-order valence-corrected chi connectivity index (χ3v) is 5.93. The summed E-state index contributed by atoms with van der Waals surface area (Å²) in [6, 6.07) is 17.1. The van der Waals surface area contributed by atoms with Crippen LogP contribution in [0.3, 0.4) is 0 Å². The van der Waals surface area contributed by atoms with E-state index in [0.29, 0.717) is 29.5 Å². The third-order valence-electron chi connectivity index (χ3n) is 5.93. The van der Waals surface area contributed by atoms with Crippen molar-refractivity contribution in [2.24, 2.45) is 0 Å². The summed E-state index contributed by atoms with van der Waals surface area (Å²) in [6.07, 6.45) is 2.55. The van der Waals surface area contributed by atoms with Crippen molar-refractivity contribution in [2.45, 2.75) is 32.2 Å². The van der Waals surface area contributed by atoms with E-state index in [-0.39, 0.29) is 17.5 Å². The van der Waals surface area contributed by atoms with E-state index in [1.807, 2.05) is 43.3 Å². The largest absolute Gasteiger partial charge is 0.325 e. The third kappa shape index (κ3) is 3.42. The number of piperazine rings is 1. The van der Waals surface area contributed by atoms with Crippen molar-refractivity contribution in [1.29, 1.82) is 5.26 Å². The molecule has 0 spiro atoms. The minimum atomic E-state index is -0.974. The van der Waals surface area contributed by atoms with Crippen molar-refractivity contribution in [3.63, 3.8) is 0 Å². The number of nitriles is 1. The fourth-order valence-electron chi connectivity index (χ4n) is 4.08. The van der Waals surface area contributed by atoms with Gasteiger partial charge in [-0.15, -0.1) is 0 Å². The molecule has 0 aromatic heterocycles. The maximum atomic E-state index is 13.4. The SMILES string of the molecule is C=Cc1cccc(C#N)c1C(C)=C1NC(=O)C(CC)(Cc2ccccc2)N(C)C1=O. The number of carbonyl (C=O) groups excluding carboxylic acids is 2. The quantitative estimate of drug-likeness (QED) is 0.775. The van der Waals surface area contributed by atoms with Gasteiger partial charge in [0.15, 0.2) is 0 Å². The van der Waals surface area contributed by atoms with Crippen molar-refractivity contribution in [3.8, 4) is 6.07 Å². The summed E-state index contributed by atoms with van der Waals surface area (Å²) in [6.45, 7) is 7.47. The highest BCUT2D eigenvalue weighted by molar-refractivity contribution is 6.11. The molecule has 3 rings (SSSR count). The Hall–Kier alpha value is -3.65. The van der Waals surface area contributed by atoms with Crippen molar-refractivity contribution < 1.29 is 9.59 Å². The zero-order valence-electron chi connectivity index (χ0n) is 17.5. The van der Waals surface area contributed by atoms with Gasteiger partial charge in [-0.25, -0.2) is 0 Å². The number of likely N-dealkylation sites (N-methyl/N-ethyl adjacent to an activating group) is 1. The first-order chi connectivity index (χ1) is 14.4. The van der Waals surface area contributed by atoms with Gasteiger partial charge in [-0.2, -0.15) is 5.26 Å². The molecule has 1 unspecified atom stereocenters. The van der Waals surface area contributed by atoms with Crippen LogP contribution >= 0.6 is 0 Å². The van der Waals surface area contributed by atoms with Crippen LogP contribution < -0.4 is 5.32 Å². The Morgan fingerprint density at radius 1 is 1.20 bits per heavy atom. The van der Waals surface area contributed by atoms with E-state index < -0.39 is 5.54 Å². The molecule has 5 nitrogen and oxygen atoms in total. The van der Waals surface area contributed by atoms with Crippen LogP contribution in [-0.4, -0.2) is 29.3 Å². The molecule has 30 heavy (non-hydrogen) atoms. The number of benzene rings is 2. The lowest BCUT2D eigenvalue weighted by Crippen LogP contribution is -2.65. The molecular formula is C25H25N3O2. The number of amides is 2. The summed E-state index contributed by atoms with van der Waals surface area (Å²) in [5.41, 5.74) is 2.54. The van der Waals surface area contributed by atoms with Crippen LogP contribution in [0, 0.1) is 11.3 Å². The highest BCUT2D eigenvalue weighted by Gasteiger charge is 2.48. The van der Waals surface area contributed by atoms with E-state index in [4.69, 9.17) is 0 Å². The normalized spacial score (nSPS) is 20.4. The second-order valence-electron chi connectivity index (χ2n) is 7.45. The Balaban J connectivity index is 2.09. The van der Waals surface area contributed by atoms with E-state index in [9.17, 15) is 14.9 Å². The van der Waals surface area contributed by atoms with E-state index >= 15 is 0 Å². The van der Waals surface area contributed by atoms with E-state index in [0.717, 1.165) is 11.1 Å². The van der Waals surface area contributed by atoms with Crippen LogP contribution in [0.1, 0.15) is 42.5 Å². The molecule has 1 atom stereocenters. The molecule has 1 aliphatic heterocycles. The molecule has 1 saturated heterocycles. The van der Waals surface area contributed by atoms with Gasteiger partial charge in [-0.3, -0.25) is 9.59 Å². The number of allylic oxidation sites excluding steroid dienone is 1. The highest BCUT2D eigenvalue weighted by Crippen LogP contribution is 2.33. The van der Waals surface area contributed by atoms with E-state index in [1.54, 1.807) is 37.1 Å². The molecule has 1 N–H and O–H groups in total. The summed E-state index contributed by atoms with van der Waals surface area (Å²) in [5.74, 6) is -0.493. The topological polar surface area (TPSA) is 73.2 Å². The Kier molecular flexibility index (Phi) is 5.89. The zero-order valence-corrected chi connectivity index (χ0v) is 17.5. The molecule has 2 aromatic carbocycles. The molecule has 1 fully saturated rings. The number of hydrogen-bond acceptors (Lipinski definition) is 3. The lowest BCUT2D eigenvalue weighted by Gasteiger charge is -2.44. The standard InChI is InChI=1S/C25H25N3O2/c1-5-19-13-10-14-20(16-26)21(19)17(3)22-23(29)28(4)25(6-2,24(30)27-22)15-18-11-8-7-9-12-18/h5,7-14H,1,6,15H2,2-4H3,(H,27,30). The summed E-state index contributed by atoms with van der Waals surface area (Å²) < 4.78 is 0. The summed E-state index contributed by atoms with van der Waals surface area (Å²) in [7, 11) is 1.67. The number of rotatable bonds is 5. The minimum Gasteiger partial charge on any atom is -0.325 e. The van der Waals surface area contributed by atoms with Gasteiger partial charge in [0.25, 0.3) is 11.8 Å². The van der Waals surface area contributed by atoms with E-state index in [1.165, 1.54) is 0 Å². The smallest absolute Gasteiger partial charge is 0.271 e. The fourth-order valence-corrected chi connectivity index (χ4v) is 4.08. The van der Waals surface area contributed by atoms with Crippen molar-refractivity contribution in [2.75, 3.05) is 7.05 Å². The molecule has 2 aromatic rings. The Morgan fingerprint density at radius 3 is 2.50 bits per heavy atom. The van der Waals surface area contributed by atoms with Gasteiger partial charge in [-0.1, -0.05) is 62.0 Å². The molecule has 0 radical (unpaired) electrons. The fraction of sp³-hybridized carbons (Fsp3) is 0.240.